The molecule has 7 heteroatoms. The van der Waals surface area contributed by atoms with Gasteiger partial charge in [0.1, 0.15) is 11.6 Å². The van der Waals surface area contributed by atoms with E-state index in [1.54, 1.807) is 7.11 Å². The van der Waals surface area contributed by atoms with Crippen LogP contribution in [0.25, 0.3) is 11.0 Å². The van der Waals surface area contributed by atoms with Gasteiger partial charge in [-0.3, -0.25) is 9.69 Å². The molecule has 208 valence electrons. The number of carbonyl (C=O) groups excluding carboxylic acids is 1. The number of carbonyl (C=O) groups is 1. The number of hydrogen-bond acceptors (Lipinski definition) is 5. The standard InChI is InChI=1S/C33H39N5O2/c1-25-7-11-28(12-8-25)36-19-21-37(22-20-36)33(39)27-15-17-35(18-16-27)24-32-34-30-5-3-4-6-31(30)38(32)23-26-9-13-29(40-2)14-10-26/h3-14,27H,15-24H2,1-2H3. The van der Waals surface area contributed by atoms with E-state index in [0.717, 1.165) is 87.8 Å². The molecule has 0 spiro atoms. The highest BCUT2D eigenvalue weighted by Gasteiger charge is 2.31. The van der Waals surface area contributed by atoms with E-state index in [-0.39, 0.29) is 5.92 Å². The van der Waals surface area contributed by atoms with Crippen LogP contribution in [0.1, 0.15) is 29.8 Å². The quantitative estimate of drug-likeness (QED) is 0.334. The number of para-hydroxylation sites is 2. The lowest BCUT2D eigenvalue weighted by molar-refractivity contribution is -0.137. The smallest absolute Gasteiger partial charge is 0.225 e. The van der Waals surface area contributed by atoms with Gasteiger partial charge in [0.05, 0.1) is 24.7 Å². The highest BCUT2D eigenvalue weighted by Crippen LogP contribution is 2.25. The maximum absolute atomic E-state index is 13.4. The zero-order chi connectivity index (χ0) is 27.5. The topological polar surface area (TPSA) is 53.8 Å². The van der Waals surface area contributed by atoms with Gasteiger partial charge in [-0.2, -0.15) is 0 Å². The van der Waals surface area contributed by atoms with Gasteiger partial charge in [0.2, 0.25) is 5.91 Å². The third-order valence-corrected chi connectivity index (χ3v) is 8.53. The van der Waals surface area contributed by atoms with Gasteiger partial charge in [-0.05, 0) is 74.8 Å². The number of piperazine rings is 1. The number of nitrogens with zero attached hydrogens (tertiary/aromatic N) is 5. The van der Waals surface area contributed by atoms with Crippen molar-refractivity contribution < 1.29 is 9.53 Å². The number of aromatic nitrogens is 2. The van der Waals surface area contributed by atoms with Gasteiger partial charge in [-0.15, -0.1) is 0 Å². The van der Waals surface area contributed by atoms with Gasteiger partial charge in [-0.1, -0.05) is 42.0 Å². The lowest BCUT2D eigenvalue weighted by Crippen LogP contribution is -2.51. The SMILES string of the molecule is COc1ccc(Cn2c(CN3CCC(C(=O)N4CCN(c5ccc(C)cc5)CC4)CC3)nc3ccccc32)cc1. The molecule has 0 bridgehead atoms. The summed E-state index contributed by atoms with van der Waals surface area (Å²) in [4.78, 5) is 25.4. The lowest BCUT2D eigenvalue weighted by Gasteiger charge is -2.39. The second kappa shape index (κ2) is 11.7. The summed E-state index contributed by atoms with van der Waals surface area (Å²) >= 11 is 0. The van der Waals surface area contributed by atoms with Crippen LogP contribution in [0.2, 0.25) is 0 Å². The summed E-state index contributed by atoms with van der Waals surface area (Å²) in [5.41, 5.74) is 5.93. The number of rotatable bonds is 7. The number of fused-ring (bicyclic) bond motifs is 1. The van der Waals surface area contributed by atoms with Gasteiger partial charge in [0, 0.05) is 44.3 Å². The molecule has 1 amide bonds. The molecule has 4 aromatic rings. The molecule has 0 saturated carbocycles. The number of ether oxygens (including phenoxy) is 1. The highest BCUT2D eigenvalue weighted by molar-refractivity contribution is 5.79. The third kappa shape index (κ3) is 5.70. The molecule has 7 nitrogen and oxygen atoms in total. The fourth-order valence-corrected chi connectivity index (χ4v) is 6.07. The molecule has 1 aromatic heterocycles. The molecule has 2 aliphatic heterocycles. The van der Waals surface area contributed by atoms with E-state index in [1.807, 2.05) is 12.1 Å². The minimum Gasteiger partial charge on any atom is -0.497 e. The molecule has 6 rings (SSSR count). The van der Waals surface area contributed by atoms with Gasteiger partial charge < -0.3 is 19.1 Å². The highest BCUT2D eigenvalue weighted by atomic mass is 16.5. The van der Waals surface area contributed by atoms with Crippen LogP contribution in [0, 0.1) is 12.8 Å². The predicted molar refractivity (Wildman–Crippen MR) is 160 cm³/mol. The first-order chi connectivity index (χ1) is 19.6. The average molecular weight is 538 g/mol. The Bertz CT molecular complexity index is 1430. The Morgan fingerprint density at radius 1 is 0.850 bits per heavy atom. The number of anilines is 1. The van der Waals surface area contributed by atoms with Crippen molar-refractivity contribution in [3.63, 3.8) is 0 Å². The number of imidazole rings is 1. The largest absolute Gasteiger partial charge is 0.497 e. The number of benzene rings is 3. The molecule has 0 unspecified atom stereocenters. The van der Waals surface area contributed by atoms with Crippen LogP contribution in [-0.4, -0.2) is 71.6 Å². The van der Waals surface area contributed by atoms with Crippen molar-refractivity contribution in [3.8, 4) is 5.75 Å². The zero-order valence-corrected chi connectivity index (χ0v) is 23.6. The number of likely N-dealkylation sites (tertiary alicyclic amines) is 1. The third-order valence-electron chi connectivity index (χ3n) is 8.53. The van der Waals surface area contributed by atoms with Crippen molar-refractivity contribution in [3.05, 3.63) is 89.7 Å². The van der Waals surface area contributed by atoms with E-state index in [1.165, 1.54) is 16.8 Å². The van der Waals surface area contributed by atoms with Crippen LogP contribution in [0.4, 0.5) is 5.69 Å². The van der Waals surface area contributed by atoms with Crippen LogP contribution in [-0.2, 0) is 17.9 Å². The summed E-state index contributed by atoms with van der Waals surface area (Å²) < 4.78 is 7.67. The number of amides is 1. The van der Waals surface area contributed by atoms with Crippen LogP contribution < -0.4 is 9.64 Å². The Labute approximate surface area is 237 Å². The molecule has 2 saturated heterocycles. The molecular formula is C33H39N5O2. The Balaban J connectivity index is 1.06. The summed E-state index contributed by atoms with van der Waals surface area (Å²) in [6.07, 6.45) is 1.82. The Morgan fingerprint density at radius 2 is 1.55 bits per heavy atom. The van der Waals surface area contributed by atoms with E-state index >= 15 is 0 Å². The Hall–Kier alpha value is -3.84. The normalized spacial score (nSPS) is 16.9. The van der Waals surface area contributed by atoms with Gasteiger partial charge in [-0.25, -0.2) is 4.98 Å². The number of methoxy groups -OCH3 is 1. The minimum absolute atomic E-state index is 0.125. The van der Waals surface area contributed by atoms with Gasteiger partial charge in [0.25, 0.3) is 0 Å². The lowest BCUT2D eigenvalue weighted by atomic mass is 9.95. The Kier molecular flexibility index (Phi) is 7.73. The van der Waals surface area contributed by atoms with Gasteiger partial charge in [0.15, 0.2) is 0 Å². The molecule has 0 radical (unpaired) electrons. The van der Waals surface area contributed by atoms with Crippen molar-refractivity contribution in [2.24, 2.45) is 5.92 Å². The zero-order valence-electron chi connectivity index (χ0n) is 23.6. The first kappa shape index (κ1) is 26.4. The molecule has 2 aliphatic rings. The fourth-order valence-electron chi connectivity index (χ4n) is 6.07. The van der Waals surface area contributed by atoms with Crippen LogP contribution >= 0.6 is 0 Å². The second-order valence-corrected chi connectivity index (χ2v) is 11.1. The minimum atomic E-state index is 0.125. The summed E-state index contributed by atoms with van der Waals surface area (Å²) in [6, 6.07) is 25.3. The summed E-state index contributed by atoms with van der Waals surface area (Å²) in [5.74, 6) is 2.41. The van der Waals surface area contributed by atoms with Crippen molar-refractivity contribution in [2.45, 2.75) is 32.9 Å². The van der Waals surface area contributed by atoms with E-state index < -0.39 is 0 Å². The first-order valence-corrected chi connectivity index (χ1v) is 14.5. The molecule has 3 heterocycles. The van der Waals surface area contributed by atoms with Crippen LogP contribution in [0.3, 0.4) is 0 Å². The molecule has 2 fully saturated rings. The van der Waals surface area contributed by atoms with Gasteiger partial charge >= 0.3 is 0 Å². The molecular weight excluding hydrogens is 498 g/mol. The number of piperidine rings is 1. The van der Waals surface area contributed by atoms with Crippen LogP contribution in [0.5, 0.6) is 5.75 Å². The molecule has 40 heavy (non-hydrogen) atoms. The van der Waals surface area contributed by atoms with Crippen molar-refractivity contribution in [2.75, 3.05) is 51.3 Å². The molecule has 0 atom stereocenters. The van der Waals surface area contributed by atoms with Crippen molar-refractivity contribution in [1.82, 2.24) is 19.4 Å². The maximum atomic E-state index is 13.4. The van der Waals surface area contributed by atoms with Crippen LogP contribution in [0.15, 0.2) is 72.8 Å². The second-order valence-electron chi connectivity index (χ2n) is 11.1. The summed E-state index contributed by atoms with van der Waals surface area (Å²) in [7, 11) is 1.69. The first-order valence-electron chi connectivity index (χ1n) is 14.5. The number of hydrogen-bond donors (Lipinski definition) is 0. The Morgan fingerprint density at radius 3 is 2.25 bits per heavy atom. The maximum Gasteiger partial charge on any atom is 0.225 e. The summed E-state index contributed by atoms with van der Waals surface area (Å²) in [6.45, 7) is 8.94. The fraction of sp³-hybridized carbons (Fsp3) is 0.394. The predicted octanol–water partition coefficient (Wildman–Crippen LogP) is 4.96. The average Bonchev–Trinajstić information content (AvgIpc) is 3.34. The monoisotopic (exact) mass is 537 g/mol. The van der Waals surface area contributed by atoms with Crippen molar-refractivity contribution in [1.29, 1.82) is 0 Å². The number of aryl methyl sites for hydroxylation is 1. The molecule has 0 N–H and O–H groups in total. The van der Waals surface area contributed by atoms with E-state index in [4.69, 9.17) is 9.72 Å². The van der Waals surface area contributed by atoms with Crippen molar-refractivity contribution >= 4 is 22.6 Å². The molecule has 3 aromatic carbocycles. The summed E-state index contributed by atoms with van der Waals surface area (Å²) in [5, 5.41) is 0. The van der Waals surface area contributed by atoms with E-state index in [2.05, 4.69) is 86.9 Å². The van der Waals surface area contributed by atoms with E-state index in [0.29, 0.717) is 5.91 Å². The van der Waals surface area contributed by atoms with E-state index in [9.17, 15) is 4.79 Å². The molecule has 0 aliphatic carbocycles.